The predicted octanol–water partition coefficient (Wildman–Crippen LogP) is 26.2. The van der Waals surface area contributed by atoms with E-state index in [0.717, 1.165) is 41.8 Å². The van der Waals surface area contributed by atoms with Crippen LogP contribution in [0.5, 0.6) is 0 Å². The van der Waals surface area contributed by atoms with Gasteiger partial charge in [0.25, 0.3) is 6.71 Å². The van der Waals surface area contributed by atoms with Gasteiger partial charge in [0.1, 0.15) is 0 Å². The van der Waals surface area contributed by atoms with Crippen LogP contribution in [0.15, 0.2) is 266 Å². The largest absolute Gasteiger partial charge is 0.310 e. The minimum absolute atomic E-state index is 0.00506. The summed E-state index contributed by atoms with van der Waals surface area (Å²) in [7, 11) is -4.70. The second-order valence-electron chi connectivity index (χ2n) is 37.3. The molecule has 17 rings (SSSR count). The van der Waals surface area contributed by atoms with Crippen molar-refractivity contribution >= 4 is 127 Å². The molecule has 0 saturated heterocycles. The number of anilines is 6. The molecule has 0 bridgehead atoms. The third-order valence-electron chi connectivity index (χ3n) is 22.2. The lowest BCUT2D eigenvalue weighted by Crippen LogP contribution is -2.61. The van der Waals surface area contributed by atoms with Gasteiger partial charge in [0, 0.05) is 77.9 Å². The molecule has 0 atom stereocenters. The Labute approximate surface area is 696 Å². The van der Waals surface area contributed by atoms with Gasteiger partial charge in [-0.15, -0.1) is 0 Å². The van der Waals surface area contributed by atoms with E-state index in [1.807, 2.05) is 81.4 Å². The van der Waals surface area contributed by atoms with Crippen LogP contribution in [0.2, 0.25) is 39.3 Å². The molecule has 0 amide bonds. The molecule has 7 heteroatoms. The summed E-state index contributed by atoms with van der Waals surface area (Å²) in [6.45, 7) is 42.2. The lowest BCUT2D eigenvalue weighted by Gasteiger charge is -2.47. The molecule has 111 heavy (non-hydrogen) atoms. The van der Waals surface area contributed by atoms with Crippen LogP contribution in [0.4, 0.5) is 34.1 Å². The van der Waals surface area contributed by atoms with Gasteiger partial charge in [0.05, 0.1) is 82.5 Å². The van der Waals surface area contributed by atoms with Gasteiger partial charge < -0.3 is 18.9 Å². The van der Waals surface area contributed by atoms with E-state index < -0.39 is 238 Å². The Morgan fingerprint density at radius 3 is 0.901 bits per heavy atom. The summed E-state index contributed by atoms with van der Waals surface area (Å²) < 4.78 is 250. The van der Waals surface area contributed by atoms with Crippen LogP contribution in [0.1, 0.15) is 165 Å². The van der Waals surface area contributed by atoms with Gasteiger partial charge in [-0.2, -0.15) is 0 Å². The van der Waals surface area contributed by atoms with Gasteiger partial charge in [-0.05, 0) is 178 Å². The topological polar surface area (TPSA) is 16.3 Å². The smallest absolute Gasteiger partial charge is 0.252 e. The SMILES string of the molecule is [2H]c1c([2H])c(-n2c3c([2H])c([2H])c([2H])c([2H])c3c3c([2H])c([2H])c([2H])c([2H])c32)c([2H])c2c1B1c3c([2H])c([2H])c(-n4c5c([2H])c([2H])c([2H])c([2H])c5c5c([2H])c([2H])c([2H])c([2H])c54)c([2H])c3N(c3c(-c4cccc(C(C)(C)C)c4)cc(C(C)(C)C)cc3-c3cccc([Si](C)(C)C)c3)c3c([2H])c(C(C)(C)C)c([2H])c(c31)N2c1c(-c2cccc(C(C)(C)C)c2)cc(C(C)(C)C)cc1-c1cccc([Si](C)(C)C)c1. The van der Waals surface area contributed by atoms with E-state index in [1.54, 1.807) is 9.80 Å². The Morgan fingerprint density at radius 2 is 0.595 bits per heavy atom. The minimum atomic E-state index is -2.35. The van der Waals surface area contributed by atoms with Gasteiger partial charge in [-0.3, -0.25) is 0 Å². The zero-order chi connectivity index (χ0) is 99.0. The summed E-state index contributed by atoms with van der Waals surface area (Å²) in [5.74, 6) is 0. The maximum absolute atomic E-state index is 12.1. The molecule has 0 radical (unpaired) electrons. The van der Waals surface area contributed by atoms with E-state index in [1.165, 1.54) is 0 Å². The standard InChI is InChI=1S/C104H107BN4Si2/c1-100(2,3)70-38-30-34-66(54-70)83-58-72(102(7,8)9)60-85(68-36-32-40-77(56-68)110(16,17)18)98(83)108-93-64-75(106-89-46-26-22-42-79(89)80-43-23-27-47-90(80)106)50-52-87(93)105-88-53-51-76(107-91-48-28-24-44-81(91)82-45-25-29-49-92(82)107)65-94(88)109(96-63-74(104(13,14)15)62-95(108)97(96)105)99-84(67-35-31-39-71(55-67)101(4,5)6)59-73(103(10,11)12)61-86(99)69-37-33-41-78(57-69)111(19,20)21/h22-65H,1-21H3/i22D,23D,24D,25D,26D,27D,28D,29D,42D,43D,44D,45D,46D,47D,48D,49D,50D,51D,52D,53D,62D,63D,64D,65D. The maximum Gasteiger partial charge on any atom is 0.252 e. The Morgan fingerprint density at radius 1 is 0.297 bits per heavy atom. The first-order valence-electron chi connectivity index (χ1n) is 50.4. The number of rotatable bonds is 10. The summed E-state index contributed by atoms with van der Waals surface area (Å²) >= 11 is 0. The molecule has 554 valence electrons. The van der Waals surface area contributed by atoms with Crippen molar-refractivity contribution in [3.8, 4) is 55.9 Å². The van der Waals surface area contributed by atoms with Crippen molar-refractivity contribution in [2.24, 2.45) is 0 Å². The fourth-order valence-corrected chi connectivity index (χ4v) is 18.2. The average molecular weight is 1500 g/mol. The van der Waals surface area contributed by atoms with Crippen molar-refractivity contribution in [2.75, 3.05) is 9.80 Å². The molecular weight excluding hydrogens is 1370 g/mol. The number of para-hydroxylation sites is 4. The summed E-state index contributed by atoms with van der Waals surface area (Å²) in [5, 5.41) is 0.496. The Balaban J connectivity index is 1.23. The molecule has 4 heterocycles. The van der Waals surface area contributed by atoms with E-state index in [4.69, 9.17) is 0 Å². The molecule has 13 aromatic carbocycles. The summed E-state index contributed by atoms with van der Waals surface area (Å²) in [6.07, 6.45) is 0. The summed E-state index contributed by atoms with van der Waals surface area (Å²) in [6, 6.07) is 23.3. The number of fused-ring (bicyclic) bond motifs is 10. The lowest BCUT2D eigenvalue weighted by atomic mass is 9.33. The molecule has 2 aliphatic rings. The zero-order valence-corrected chi connectivity index (χ0v) is 69.4. The monoisotopic (exact) mass is 1500 g/mol. The van der Waals surface area contributed by atoms with E-state index in [-0.39, 0.29) is 68.2 Å². The summed E-state index contributed by atoms with van der Waals surface area (Å²) in [4.78, 5) is 3.51. The number of hydrogen-bond acceptors (Lipinski definition) is 2. The fraction of sp³-hybridized carbons (Fsp3) is 0.250. The van der Waals surface area contributed by atoms with Crippen molar-refractivity contribution in [3.63, 3.8) is 0 Å². The second-order valence-corrected chi connectivity index (χ2v) is 47.4. The van der Waals surface area contributed by atoms with E-state index in [2.05, 4.69) is 183 Å². The van der Waals surface area contributed by atoms with E-state index >= 15 is 0 Å². The van der Waals surface area contributed by atoms with Gasteiger partial charge in [-0.1, -0.05) is 335 Å². The lowest BCUT2D eigenvalue weighted by molar-refractivity contribution is 0.589. The highest BCUT2D eigenvalue weighted by molar-refractivity contribution is 7.00. The molecular formula is C104H107BN4Si2. The normalized spacial score (nSPS) is 16.6. The number of nitrogens with zero attached hydrogens (tertiary/aromatic N) is 4. The molecule has 2 aromatic heterocycles. The van der Waals surface area contributed by atoms with Crippen LogP contribution in [0.25, 0.3) is 99.5 Å². The third kappa shape index (κ3) is 12.7. The van der Waals surface area contributed by atoms with Crippen LogP contribution in [0, 0.1) is 0 Å². The highest BCUT2D eigenvalue weighted by atomic mass is 28.3. The van der Waals surface area contributed by atoms with Crippen molar-refractivity contribution in [1.82, 2.24) is 9.13 Å². The van der Waals surface area contributed by atoms with Crippen LogP contribution in [0.3, 0.4) is 0 Å². The molecule has 0 fully saturated rings. The Kier molecular flexibility index (Phi) is 11.9. The average Bonchev–Trinajstić information content (AvgIpc) is 1.35. The quantitative estimate of drug-likeness (QED) is 0.127. The minimum Gasteiger partial charge on any atom is -0.310 e. The first-order chi connectivity index (χ1) is 62.5. The molecule has 0 aliphatic carbocycles. The highest BCUT2D eigenvalue weighted by Gasteiger charge is 2.47. The van der Waals surface area contributed by atoms with Gasteiger partial charge in [0.2, 0.25) is 0 Å². The number of benzene rings is 13. The first-order valence-corrected chi connectivity index (χ1v) is 45.4. The molecule has 0 N–H and O–H groups in total. The molecule has 0 saturated carbocycles. The van der Waals surface area contributed by atoms with Crippen LogP contribution in [-0.2, 0) is 27.1 Å². The van der Waals surface area contributed by atoms with Gasteiger partial charge >= 0.3 is 0 Å². The Hall–Kier alpha value is -10.4. The fourth-order valence-electron chi connectivity index (χ4n) is 15.8. The molecule has 0 unspecified atom stereocenters. The third-order valence-corrected chi connectivity index (χ3v) is 26.3. The van der Waals surface area contributed by atoms with E-state index in [0.29, 0.717) is 44.5 Å². The summed E-state index contributed by atoms with van der Waals surface area (Å²) in [5.41, 5.74) is 0.433. The predicted molar refractivity (Wildman–Crippen MR) is 490 cm³/mol. The molecule has 2 aliphatic heterocycles. The van der Waals surface area contributed by atoms with Gasteiger partial charge in [0.15, 0.2) is 0 Å². The number of hydrogen-bond donors (Lipinski definition) is 0. The first kappa shape index (κ1) is 50.5. The van der Waals surface area contributed by atoms with Crippen molar-refractivity contribution in [2.45, 2.75) is 170 Å². The number of aromatic nitrogens is 2. The second kappa shape index (κ2) is 26.1. The van der Waals surface area contributed by atoms with Crippen LogP contribution >= 0.6 is 0 Å². The van der Waals surface area contributed by atoms with E-state index in [9.17, 15) is 32.9 Å². The highest BCUT2D eigenvalue weighted by Crippen LogP contribution is 2.56. The van der Waals surface area contributed by atoms with Crippen molar-refractivity contribution < 1.29 is 32.9 Å². The van der Waals surface area contributed by atoms with Gasteiger partial charge in [-0.25, -0.2) is 0 Å². The van der Waals surface area contributed by atoms with Crippen molar-refractivity contribution in [3.05, 3.63) is 294 Å². The molecule has 0 spiro atoms. The maximum atomic E-state index is 12.1. The molecule has 15 aromatic rings. The Bertz CT molecular complexity index is 7040. The zero-order valence-electron chi connectivity index (χ0n) is 91.4. The van der Waals surface area contributed by atoms with Crippen molar-refractivity contribution in [1.29, 1.82) is 0 Å². The van der Waals surface area contributed by atoms with Crippen LogP contribution < -0.4 is 36.6 Å². The molecule has 4 nitrogen and oxygen atoms in total. The van der Waals surface area contributed by atoms with Crippen LogP contribution in [-0.4, -0.2) is 32.0 Å².